The number of aliphatic hydroxyl groups is 1. The van der Waals surface area contributed by atoms with E-state index < -0.39 is 41.0 Å². The van der Waals surface area contributed by atoms with E-state index in [1.165, 1.54) is 18.3 Å². The van der Waals surface area contributed by atoms with Gasteiger partial charge in [0.2, 0.25) is 0 Å². The number of hydrogen-bond acceptors (Lipinski definition) is 6. The molecule has 48 heavy (non-hydrogen) atoms. The molecule has 1 unspecified atom stereocenters. The summed E-state index contributed by atoms with van der Waals surface area (Å²) in [4.78, 5) is 31.7. The van der Waals surface area contributed by atoms with Crippen LogP contribution in [0.4, 0.5) is 31.1 Å². The summed E-state index contributed by atoms with van der Waals surface area (Å²) in [7, 11) is 0. The zero-order valence-corrected chi connectivity index (χ0v) is 27.1. The highest BCUT2D eigenvalue weighted by Gasteiger charge is 2.71. The van der Waals surface area contributed by atoms with Crippen molar-refractivity contribution in [2.24, 2.45) is 0 Å². The van der Waals surface area contributed by atoms with Crippen molar-refractivity contribution in [3.05, 3.63) is 82.7 Å². The molecule has 1 atom stereocenters. The summed E-state index contributed by atoms with van der Waals surface area (Å²) < 4.78 is 94.3. The number of ether oxygens (including phenoxy) is 2. The lowest BCUT2D eigenvalue weighted by atomic mass is 9.87. The second-order valence-electron chi connectivity index (χ2n) is 12.1. The molecule has 2 N–H and O–H groups in total. The lowest BCUT2D eigenvalue weighted by Gasteiger charge is -2.33. The number of hydrogen-bond donors (Lipinski definition) is 2. The number of imide groups is 1. The summed E-state index contributed by atoms with van der Waals surface area (Å²) in [5.41, 5.74) is -6.97. The van der Waals surface area contributed by atoms with E-state index in [2.05, 4.69) is 10.3 Å². The van der Waals surface area contributed by atoms with Crippen molar-refractivity contribution in [2.75, 3.05) is 0 Å². The Hall–Kier alpha value is -4.33. The molecule has 1 aliphatic rings. The van der Waals surface area contributed by atoms with E-state index in [4.69, 9.17) is 9.47 Å². The Labute approximate surface area is 274 Å². The van der Waals surface area contributed by atoms with Gasteiger partial charge in [-0.2, -0.15) is 26.3 Å². The molecule has 1 aliphatic heterocycles. The van der Waals surface area contributed by atoms with Crippen LogP contribution in [0.25, 0.3) is 0 Å². The quantitative estimate of drug-likeness (QED) is 0.149. The molecule has 0 radical (unpaired) electrons. The van der Waals surface area contributed by atoms with Crippen LogP contribution >= 0.6 is 0 Å². The zero-order chi connectivity index (χ0) is 35.7. The van der Waals surface area contributed by atoms with Gasteiger partial charge in [-0.05, 0) is 80.6 Å². The minimum atomic E-state index is -6.04. The second-order valence-corrected chi connectivity index (χ2v) is 12.1. The summed E-state index contributed by atoms with van der Waals surface area (Å²) in [5, 5.41) is 12.8. The topological polar surface area (TPSA) is 101 Å². The smallest absolute Gasteiger partial charge is 0.430 e. The number of nitrogens with zero attached hydrogens (tertiary/aromatic N) is 2. The number of alkyl halides is 6. The number of benzene rings is 2. The first-order valence-corrected chi connectivity index (χ1v) is 15.4. The molecule has 3 aromatic rings. The molecule has 1 saturated heterocycles. The van der Waals surface area contributed by atoms with E-state index in [0.29, 0.717) is 36.3 Å². The van der Waals surface area contributed by atoms with Gasteiger partial charge in [-0.1, -0.05) is 38.8 Å². The fourth-order valence-corrected chi connectivity index (χ4v) is 5.55. The molecule has 0 spiro atoms. The van der Waals surface area contributed by atoms with Crippen molar-refractivity contribution < 1.29 is 50.5 Å². The Bertz CT molecular complexity index is 1600. The number of aryl methyl sites for hydroxylation is 2. The fourth-order valence-electron chi connectivity index (χ4n) is 5.55. The average Bonchev–Trinajstić information content (AvgIpc) is 3.21. The molecular formula is C34H37F6N3O5. The third-order valence-electron chi connectivity index (χ3n) is 7.93. The maximum absolute atomic E-state index is 13.8. The van der Waals surface area contributed by atoms with Crippen molar-refractivity contribution in [3.8, 4) is 17.2 Å². The van der Waals surface area contributed by atoms with E-state index in [1.807, 2.05) is 13.8 Å². The normalized spacial score (nSPS) is 17.2. The lowest BCUT2D eigenvalue weighted by Crippen LogP contribution is -2.54. The van der Waals surface area contributed by atoms with Crippen LogP contribution in [0.1, 0.15) is 75.4 Å². The van der Waals surface area contributed by atoms with Crippen LogP contribution in [-0.2, 0) is 35.3 Å². The molecule has 0 saturated carbocycles. The number of urea groups is 1. The van der Waals surface area contributed by atoms with Gasteiger partial charge in [0.05, 0.1) is 18.3 Å². The number of halogens is 6. The number of aromatic nitrogens is 1. The first-order valence-electron chi connectivity index (χ1n) is 15.4. The van der Waals surface area contributed by atoms with Crippen molar-refractivity contribution in [1.29, 1.82) is 0 Å². The van der Waals surface area contributed by atoms with Crippen LogP contribution in [0.3, 0.4) is 0 Å². The zero-order valence-electron chi connectivity index (χ0n) is 27.1. The van der Waals surface area contributed by atoms with Gasteiger partial charge < -0.3 is 19.9 Å². The van der Waals surface area contributed by atoms with Crippen LogP contribution in [0.2, 0.25) is 0 Å². The average molecular weight is 682 g/mol. The van der Waals surface area contributed by atoms with E-state index in [9.17, 15) is 41.0 Å². The Balaban J connectivity index is 1.65. The lowest BCUT2D eigenvalue weighted by molar-refractivity contribution is -0.376. The van der Waals surface area contributed by atoms with Crippen LogP contribution in [0.15, 0.2) is 54.7 Å². The standard InChI is InChI=1S/C34H37F6N3O5/c1-6-8-21-16-24(32(46,33(35,36)37)34(38,39)40)17-22(9-7-2)28(21)48-27-14-15-41-25(18-27)19-43-29(44)31(5,42-30(43)45)23-10-12-26(13-11-23)47-20(3)4/h10-18,20,46H,6-9,19H2,1-5H3,(H,42,45). The molecule has 2 aromatic carbocycles. The number of rotatable bonds is 12. The second kappa shape index (κ2) is 13.7. The van der Waals surface area contributed by atoms with Gasteiger partial charge in [0.15, 0.2) is 0 Å². The summed E-state index contributed by atoms with van der Waals surface area (Å²) in [5.74, 6) is 0.243. The van der Waals surface area contributed by atoms with Crippen LogP contribution < -0.4 is 14.8 Å². The Morgan fingerprint density at radius 2 is 1.46 bits per heavy atom. The molecule has 0 aliphatic carbocycles. The molecule has 260 valence electrons. The number of pyridine rings is 1. The Morgan fingerprint density at radius 1 is 0.896 bits per heavy atom. The maximum Gasteiger partial charge on any atom is 0.430 e. The largest absolute Gasteiger partial charge is 0.491 e. The predicted molar refractivity (Wildman–Crippen MR) is 163 cm³/mol. The number of nitrogens with one attached hydrogen (secondary N) is 1. The highest BCUT2D eigenvalue weighted by atomic mass is 19.4. The molecule has 3 amide bonds. The summed E-state index contributed by atoms with van der Waals surface area (Å²) >= 11 is 0. The monoisotopic (exact) mass is 681 g/mol. The first-order chi connectivity index (χ1) is 22.3. The molecule has 14 heteroatoms. The summed E-state index contributed by atoms with van der Waals surface area (Å²) in [6.07, 6.45) is -9.99. The molecule has 2 heterocycles. The minimum absolute atomic E-state index is 0.0402. The third-order valence-corrected chi connectivity index (χ3v) is 7.93. The Kier molecular flexibility index (Phi) is 10.4. The van der Waals surface area contributed by atoms with Gasteiger partial charge in [-0.25, -0.2) is 4.79 Å². The summed E-state index contributed by atoms with van der Waals surface area (Å²) in [6, 6.07) is 10.3. The maximum atomic E-state index is 13.8. The molecule has 8 nitrogen and oxygen atoms in total. The number of carbonyl (C=O) groups is 2. The molecule has 4 rings (SSSR count). The van der Waals surface area contributed by atoms with Crippen molar-refractivity contribution in [2.45, 2.75) is 96.4 Å². The SMILES string of the molecule is CCCc1cc(C(O)(C(F)(F)F)C(F)(F)F)cc(CCC)c1Oc1ccnc(CN2C(=O)NC(C)(c3ccc(OC(C)C)cc3)C2=O)c1. The van der Waals surface area contributed by atoms with E-state index >= 15 is 0 Å². The van der Waals surface area contributed by atoms with Gasteiger partial charge >= 0.3 is 18.4 Å². The predicted octanol–water partition coefficient (Wildman–Crippen LogP) is 7.85. The van der Waals surface area contributed by atoms with Crippen LogP contribution in [0, 0.1) is 0 Å². The van der Waals surface area contributed by atoms with Crippen LogP contribution in [-0.4, -0.2) is 45.4 Å². The molecular weight excluding hydrogens is 644 g/mol. The third kappa shape index (κ3) is 7.08. The van der Waals surface area contributed by atoms with Crippen molar-refractivity contribution >= 4 is 11.9 Å². The molecule has 1 aromatic heterocycles. The van der Waals surface area contributed by atoms with Crippen molar-refractivity contribution in [3.63, 3.8) is 0 Å². The van der Waals surface area contributed by atoms with E-state index in [-0.39, 0.29) is 53.8 Å². The first kappa shape index (κ1) is 36.5. The van der Waals surface area contributed by atoms with E-state index in [1.54, 1.807) is 45.0 Å². The van der Waals surface area contributed by atoms with Gasteiger partial charge in [0, 0.05) is 17.8 Å². The highest BCUT2D eigenvalue weighted by Crippen LogP contribution is 2.51. The fraction of sp³-hybridized carbons (Fsp3) is 0.441. The van der Waals surface area contributed by atoms with E-state index in [0.717, 1.165) is 4.90 Å². The molecule has 1 fully saturated rings. The number of amides is 3. The Morgan fingerprint density at radius 3 is 1.96 bits per heavy atom. The van der Waals surface area contributed by atoms with Gasteiger partial charge in [-0.15, -0.1) is 0 Å². The van der Waals surface area contributed by atoms with Gasteiger partial charge in [0.25, 0.3) is 11.5 Å². The molecule has 0 bridgehead atoms. The minimum Gasteiger partial charge on any atom is -0.491 e. The van der Waals surface area contributed by atoms with Crippen LogP contribution in [0.5, 0.6) is 17.2 Å². The van der Waals surface area contributed by atoms with Gasteiger partial charge in [0.1, 0.15) is 22.8 Å². The van der Waals surface area contributed by atoms with Gasteiger partial charge in [-0.3, -0.25) is 14.7 Å². The highest BCUT2D eigenvalue weighted by molar-refractivity contribution is 6.07. The van der Waals surface area contributed by atoms with Crippen molar-refractivity contribution in [1.82, 2.24) is 15.2 Å². The summed E-state index contributed by atoms with van der Waals surface area (Å²) in [6.45, 7) is 8.47. The number of carbonyl (C=O) groups excluding carboxylic acids is 2.